The average Bonchev–Trinajstić information content (AvgIpc) is 1.74. The monoisotopic (exact) mass is 189 g/mol. The molecule has 0 aromatic heterocycles. The van der Waals surface area contributed by atoms with Crippen LogP contribution >= 0.6 is 0 Å². The lowest BCUT2D eigenvalue weighted by molar-refractivity contribution is 0.188. The molecule has 0 radical (unpaired) electrons. The molecule has 1 unspecified atom stereocenters. The van der Waals surface area contributed by atoms with Gasteiger partial charge in [-0.1, -0.05) is 13.8 Å². The molecular weight excluding hydrogens is 170 g/mol. The van der Waals surface area contributed by atoms with Crippen LogP contribution in [0.3, 0.4) is 0 Å². The summed E-state index contributed by atoms with van der Waals surface area (Å²) in [6.45, 7) is 4.49. The summed E-state index contributed by atoms with van der Waals surface area (Å²) in [6.07, 6.45) is 3.99. The summed E-state index contributed by atoms with van der Waals surface area (Å²) < 4.78 is 14.3. The molecule has 0 aromatic rings. The Morgan fingerprint density at radius 3 is 2.33 bits per heavy atom. The zero-order valence-corrected chi connectivity index (χ0v) is 8.99. The molecule has 0 aliphatic heterocycles. The topological polar surface area (TPSA) is 29.1 Å². The van der Waals surface area contributed by atoms with E-state index in [0.717, 1.165) is 24.7 Å². The maximum atomic E-state index is 11.2. The Bertz CT molecular complexity index is 237. The number of nitrogens with one attached hydrogen (secondary N) is 1. The lowest BCUT2D eigenvalue weighted by atomic mass is 9.74. The summed E-state index contributed by atoms with van der Waals surface area (Å²) in [5, 5.41) is 0. The third-order valence-corrected chi connectivity index (χ3v) is 3.37. The minimum Gasteiger partial charge on any atom is -0.253 e. The van der Waals surface area contributed by atoms with E-state index in [2.05, 4.69) is 24.4 Å². The first kappa shape index (κ1) is 10.1. The predicted molar refractivity (Wildman–Crippen MR) is 55.7 cm³/mol. The molecule has 1 aliphatic carbocycles. The highest BCUT2D eigenvalue weighted by atomic mass is 32.2. The fourth-order valence-corrected chi connectivity index (χ4v) is 2.55. The van der Waals surface area contributed by atoms with Gasteiger partial charge in [0.05, 0.1) is 0 Å². The van der Waals surface area contributed by atoms with Crippen LogP contribution in [-0.2, 0) is 9.71 Å². The van der Waals surface area contributed by atoms with Gasteiger partial charge >= 0.3 is 0 Å². The summed E-state index contributed by atoms with van der Waals surface area (Å²) in [5.41, 5.74) is 0. The molecule has 3 heteroatoms. The van der Waals surface area contributed by atoms with E-state index in [-0.39, 0.29) is 0 Å². The van der Waals surface area contributed by atoms with Crippen LogP contribution in [0, 0.1) is 11.8 Å². The van der Waals surface area contributed by atoms with Crippen LogP contribution in [0.25, 0.3) is 0 Å². The molecule has 2 nitrogen and oxygen atoms in total. The largest absolute Gasteiger partial charge is 0.253 e. The van der Waals surface area contributed by atoms with Crippen molar-refractivity contribution >= 4 is 15.6 Å². The Morgan fingerprint density at radius 1 is 1.50 bits per heavy atom. The van der Waals surface area contributed by atoms with E-state index in [4.69, 9.17) is 0 Å². The normalized spacial score (nSPS) is 34.3. The van der Waals surface area contributed by atoms with E-state index < -0.39 is 9.71 Å². The molecule has 72 valence electrons. The second-order valence-corrected chi connectivity index (χ2v) is 6.54. The van der Waals surface area contributed by atoms with E-state index in [1.165, 1.54) is 0 Å². The molecule has 0 amide bonds. The highest BCUT2D eigenvalue weighted by Gasteiger charge is 2.31. The van der Waals surface area contributed by atoms with Gasteiger partial charge in [-0.05, 0) is 30.5 Å². The molecule has 1 fully saturated rings. The third-order valence-electron chi connectivity index (χ3n) is 2.53. The predicted octanol–water partition coefficient (Wildman–Crippen LogP) is 1.27. The first-order chi connectivity index (χ1) is 5.38. The first-order valence-electron chi connectivity index (χ1n) is 4.48. The maximum absolute atomic E-state index is 11.2. The van der Waals surface area contributed by atoms with Crippen molar-refractivity contribution in [1.82, 2.24) is 4.72 Å². The summed E-state index contributed by atoms with van der Waals surface area (Å²) >= 11 is 0. The van der Waals surface area contributed by atoms with Crippen molar-refractivity contribution in [3.05, 3.63) is 0 Å². The van der Waals surface area contributed by atoms with Crippen molar-refractivity contribution in [3.8, 4) is 0 Å². The highest BCUT2D eigenvalue weighted by Crippen LogP contribution is 2.33. The molecule has 1 atom stereocenters. The molecule has 0 spiro atoms. The van der Waals surface area contributed by atoms with Gasteiger partial charge in [-0.2, -0.15) is 0 Å². The second-order valence-electron chi connectivity index (χ2n) is 4.30. The average molecular weight is 189 g/mol. The number of rotatable bonds is 3. The van der Waals surface area contributed by atoms with Gasteiger partial charge in [-0.3, -0.25) is 4.21 Å². The Kier molecular flexibility index (Phi) is 2.84. The van der Waals surface area contributed by atoms with E-state index in [1.54, 1.807) is 6.26 Å². The molecule has 1 N–H and O–H groups in total. The smallest absolute Gasteiger partial charge is 0.0222 e. The fraction of sp³-hybridized carbons (Fsp3) is 0.889. The van der Waals surface area contributed by atoms with Crippen molar-refractivity contribution in [3.63, 3.8) is 0 Å². The van der Waals surface area contributed by atoms with Crippen LogP contribution in [0.2, 0.25) is 0 Å². The molecule has 0 aromatic carbocycles. The van der Waals surface area contributed by atoms with E-state index in [1.807, 2.05) is 0 Å². The van der Waals surface area contributed by atoms with E-state index in [9.17, 15) is 4.21 Å². The van der Waals surface area contributed by atoms with Gasteiger partial charge in [-0.25, -0.2) is 4.72 Å². The van der Waals surface area contributed by atoms with Crippen molar-refractivity contribution in [2.75, 3.05) is 6.26 Å². The summed E-state index contributed by atoms with van der Waals surface area (Å²) in [7, 11) is -1.98. The minimum atomic E-state index is -1.98. The molecule has 0 saturated heterocycles. The number of hydrogen-bond donors (Lipinski definition) is 1. The van der Waals surface area contributed by atoms with Crippen molar-refractivity contribution in [2.24, 2.45) is 11.8 Å². The van der Waals surface area contributed by atoms with Crippen molar-refractivity contribution in [1.29, 1.82) is 0 Å². The van der Waals surface area contributed by atoms with Crippen LogP contribution in [-0.4, -0.2) is 22.4 Å². The van der Waals surface area contributed by atoms with Gasteiger partial charge in [0, 0.05) is 22.0 Å². The zero-order chi connectivity index (χ0) is 9.35. The van der Waals surface area contributed by atoms with Gasteiger partial charge in [0.25, 0.3) is 0 Å². The Morgan fingerprint density at radius 2 is 2.00 bits per heavy atom. The minimum absolute atomic E-state index is 0.451. The van der Waals surface area contributed by atoms with Crippen LogP contribution in [0.1, 0.15) is 26.7 Å². The number of hydrogen-bond acceptors (Lipinski definition) is 1. The van der Waals surface area contributed by atoms with Crippen LogP contribution < -0.4 is 4.72 Å². The fourth-order valence-electron chi connectivity index (χ4n) is 1.65. The van der Waals surface area contributed by atoms with Gasteiger partial charge in [0.15, 0.2) is 0 Å². The second kappa shape index (κ2) is 3.38. The van der Waals surface area contributed by atoms with Crippen LogP contribution in [0.15, 0.2) is 0 Å². The Labute approximate surface area is 75.9 Å². The molecule has 1 saturated carbocycles. The molecule has 1 rings (SSSR count). The molecular formula is C9H19NOS. The van der Waals surface area contributed by atoms with Gasteiger partial charge in [0.1, 0.15) is 0 Å². The van der Waals surface area contributed by atoms with Gasteiger partial charge in [-0.15, -0.1) is 0 Å². The summed E-state index contributed by atoms with van der Waals surface area (Å²) in [5.74, 6) is 5.17. The van der Waals surface area contributed by atoms with Crippen molar-refractivity contribution in [2.45, 2.75) is 32.7 Å². The van der Waals surface area contributed by atoms with Crippen LogP contribution in [0.5, 0.6) is 0 Å². The first-order valence-corrected chi connectivity index (χ1v) is 6.61. The molecule has 1 aliphatic rings. The lowest BCUT2D eigenvalue weighted by Gasteiger charge is -2.38. The Hall–Kier alpha value is -0.0200. The van der Waals surface area contributed by atoms with Crippen molar-refractivity contribution < 1.29 is 4.21 Å². The summed E-state index contributed by atoms with van der Waals surface area (Å²) in [6, 6.07) is 0.451. The zero-order valence-electron chi connectivity index (χ0n) is 8.17. The van der Waals surface area contributed by atoms with Gasteiger partial charge < -0.3 is 0 Å². The molecule has 12 heavy (non-hydrogen) atoms. The molecule has 0 bridgehead atoms. The summed E-state index contributed by atoms with van der Waals surface area (Å²) in [4.78, 5) is 0. The van der Waals surface area contributed by atoms with E-state index >= 15 is 0 Å². The highest BCUT2D eigenvalue weighted by molar-refractivity contribution is 7.97. The van der Waals surface area contributed by atoms with Gasteiger partial charge in [0.2, 0.25) is 0 Å². The lowest BCUT2D eigenvalue weighted by Crippen LogP contribution is -2.45. The standard InChI is InChI=1S/C9H19NOS/c1-7(2)8-5-9(6-8)10-12(3,4)11/h7-9H,3,5-6H2,1-2,4H3,(H,10,11)/t8-,9+,12?. The Balaban J connectivity index is 2.27. The maximum Gasteiger partial charge on any atom is 0.0222 e. The SMILES string of the molecule is C=S(C)(=O)N[C@H]1C[C@@H](C(C)C)C1. The quantitative estimate of drug-likeness (QED) is 0.666. The molecule has 0 heterocycles. The van der Waals surface area contributed by atoms with E-state index in [0.29, 0.717) is 6.04 Å². The third kappa shape index (κ3) is 2.79. The van der Waals surface area contributed by atoms with Crippen LogP contribution in [0.4, 0.5) is 0 Å².